The SMILES string of the molecule is COCCNC(=O)C(C)NCCNC(=O)OC(C)(C)C. The standard InChI is InChI=1S/C13H27N3O4/c1-10(11(17)15-8-9-19-5)14-6-7-16-12(18)20-13(2,3)4/h10,14H,6-9H2,1-5H3,(H,15,17)(H,16,18). The maximum atomic E-state index is 11.6. The van der Waals surface area contributed by atoms with Gasteiger partial charge >= 0.3 is 6.09 Å². The summed E-state index contributed by atoms with van der Waals surface area (Å²) in [5.41, 5.74) is -0.508. The fourth-order valence-electron chi connectivity index (χ4n) is 1.29. The number of amides is 2. The molecule has 2 amide bonds. The third-order valence-electron chi connectivity index (χ3n) is 2.24. The van der Waals surface area contributed by atoms with Crippen LogP contribution in [0.1, 0.15) is 27.7 Å². The van der Waals surface area contributed by atoms with Gasteiger partial charge in [-0.25, -0.2) is 4.79 Å². The van der Waals surface area contributed by atoms with Crippen LogP contribution in [0.2, 0.25) is 0 Å². The summed E-state index contributed by atoms with van der Waals surface area (Å²) in [5, 5.41) is 8.34. The van der Waals surface area contributed by atoms with Crippen LogP contribution in [0.4, 0.5) is 4.79 Å². The van der Waals surface area contributed by atoms with Crippen LogP contribution in [-0.4, -0.2) is 57.0 Å². The minimum atomic E-state index is -0.508. The molecule has 3 N–H and O–H groups in total. The van der Waals surface area contributed by atoms with Crippen LogP contribution in [0.25, 0.3) is 0 Å². The quantitative estimate of drug-likeness (QED) is 0.558. The van der Waals surface area contributed by atoms with Gasteiger partial charge < -0.3 is 25.4 Å². The van der Waals surface area contributed by atoms with Gasteiger partial charge in [0.15, 0.2) is 0 Å². The van der Waals surface area contributed by atoms with E-state index >= 15 is 0 Å². The Morgan fingerprint density at radius 1 is 1.10 bits per heavy atom. The Bertz CT molecular complexity index is 302. The van der Waals surface area contributed by atoms with Crippen molar-refractivity contribution in [3.05, 3.63) is 0 Å². The molecule has 0 saturated carbocycles. The van der Waals surface area contributed by atoms with E-state index in [2.05, 4.69) is 16.0 Å². The smallest absolute Gasteiger partial charge is 0.407 e. The van der Waals surface area contributed by atoms with Crippen molar-refractivity contribution in [1.29, 1.82) is 0 Å². The molecular weight excluding hydrogens is 262 g/mol. The van der Waals surface area contributed by atoms with Crippen LogP contribution < -0.4 is 16.0 Å². The molecule has 0 radical (unpaired) electrons. The Balaban J connectivity index is 3.68. The van der Waals surface area contributed by atoms with E-state index in [9.17, 15) is 9.59 Å². The molecule has 0 bridgehead atoms. The monoisotopic (exact) mass is 289 g/mol. The largest absolute Gasteiger partial charge is 0.444 e. The molecule has 1 atom stereocenters. The van der Waals surface area contributed by atoms with Crippen molar-refractivity contribution in [3.63, 3.8) is 0 Å². The number of methoxy groups -OCH3 is 1. The molecule has 0 aliphatic carbocycles. The van der Waals surface area contributed by atoms with Gasteiger partial charge in [0.2, 0.25) is 5.91 Å². The molecule has 1 unspecified atom stereocenters. The molecule has 20 heavy (non-hydrogen) atoms. The lowest BCUT2D eigenvalue weighted by molar-refractivity contribution is -0.122. The topological polar surface area (TPSA) is 88.7 Å². The molecule has 0 heterocycles. The van der Waals surface area contributed by atoms with Crippen molar-refractivity contribution in [1.82, 2.24) is 16.0 Å². The van der Waals surface area contributed by atoms with Crippen molar-refractivity contribution in [2.75, 3.05) is 33.4 Å². The van der Waals surface area contributed by atoms with E-state index in [0.717, 1.165) is 0 Å². The number of hydrogen-bond donors (Lipinski definition) is 3. The predicted molar refractivity (Wildman–Crippen MR) is 76.6 cm³/mol. The third kappa shape index (κ3) is 10.6. The third-order valence-corrected chi connectivity index (χ3v) is 2.24. The average molecular weight is 289 g/mol. The number of carbonyl (C=O) groups is 2. The molecule has 0 saturated heterocycles. The minimum Gasteiger partial charge on any atom is -0.444 e. The summed E-state index contributed by atoms with van der Waals surface area (Å²) < 4.78 is 9.93. The molecule has 7 heteroatoms. The van der Waals surface area contributed by atoms with Gasteiger partial charge in [-0.2, -0.15) is 0 Å². The number of rotatable bonds is 8. The number of carbonyl (C=O) groups excluding carboxylic acids is 2. The molecule has 0 aromatic rings. The Labute approximate surface area is 120 Å². The number of ether oxygens (including phenoxy) is 2. The normalized spacial score (nSPS) is 12.7. The first-order chi connectivity index (χ1) is 9.26. The van der Waals surface area contributed by atoms with Gasteiger partial charge in [-0.3, -0.25) is 4.79 Å². The van der Waals surface area contributed by atoms with Crippen molar-refractivity contribution >= 4 is 12.0 Å². The Kier molecular flexibility index (Phi) is 8.91. The second-order valence-corrected chi connectivity index (χ2v) is 5.39. The summed E-state index contributed by atoms with van der Waals surface area (Å²) in [4.78, 5) is 22.9. The predicted octanol–water partition coefficient (Wildman–Crippen LogP) is 0.252. The van der Waals surface area contributed by atoms with Crippen LogP contribution in [0.3, 0.4) is 0 Å². The van der Waals surface area contributed by atoms with Crippen molar-refractivity contribution < 1.29 is 19.1 Å². The van der Waals surface area contributed by atoms with Gasteiger partial charge in [-0.1, -0.05) is 0 Å². The second-order valence-electron chi connectivity index (χ2n) is 5.39. The van der Waals surface area contributed by atoms with E-state index in [4.69, 9.17) is 9.47 Å². The van der Waals surface area contributed by atoms with E-state index < -0.39 is 11.7 Å². The van der Waals surface area contributed by atoms with E-state index in [0.29, 0.717) is 26.2 Å². The molecule has 0 aromatic heterocycles. The van der Waals surface area contributed by atoms with Gasteiger partial charge in [-0.15, -0.1) is 0 Å². The maximum absolute atomic E-state index is 11.6. The molecule has 0 fully saturated rings. The van der Waals surface area contributed by atoms with Gasteiger partial charge in [0, 0.05) is 26.7 Å². The molecule has 0 aliphatic heterocycles. The van der Waals surface area contributed by atoms with E-state index in [1.54, 1.807) is 34.8 Å². The van der Waals surface area contributed by atoms with Gasteiger partial charge in [-0.05, 0) is 27.7 Å². The van der Waals surface area contributed by atoms with Crippen LogP contribution in [0, 0.1) is 0 Å². The molecule has 7 nitrogen and oxygen atoms in total. The molecular formula is C13H27N3O4. The van der Waals surface area contributed by atoms with Gasteiger partial charge in [0.1, 0.15) is 5.60 Å². The Morgan fingerprint density at radius 2 is 1.75 bits per heavy atom. The van der Waals surface area contributed by atoms with Crippen molar-refractivity contribution in [2.45, 2.75) is 39.3 Å². The summed E-state index contributed by atoms with van der Waals surface area (Å²) in [6.45, 7) is 9.01. The van der Waals surface area contributed by atoms with Crippen LogP contribution in [0.5, 0.6) is 0 Å². The maximum Gasteiger partial charge on any atom is 0.407 e. The first-order valence-electron chi connectivity index (χ1n) is 6.73. The van der Waals surface area contributed by atoms with Crippen molar-refractivity contribution in [3.8, 4) is 0 Å². The first kappa shape index (κ1) is 18.7. The summed E-state index contributed by atoms with van der Waals surface area (Å²) in [5.74, 6) is -0.0979. The highest BCUT2D eigenvalue weighted by atomic mass is 16.6. The highest BCUT2D eigenvalue weighted by Crippen LogP contribution is 2.05. The molecule has 0 aliphatic rings. The first-order valence-corrected chi connectivity index (χ1v) is 6.73. The van der Waals surface area contributed by atoms with Crippen molar-refractivity contribution in [2.24, 2.45) is 0 Å². The van der Waals surface area contributed by atoms with Crippen LogP contribution in [-0.2, 0) is 14.3 Å². The number of nitrogens with one attached hydrogen (secondary N) is 3. The zero-order chi connectivity index (χ0) is 15.6. The lowest BCUT2D eigenvalue weighted by Crippen LogP contribution is -2.45. The number of hydrogen-bond acceptors (Lipinski definition) is 5. The lowest BCUT2D eigenvalue weighted by Gasteiger charge is -2.20. The Morgan fingerprint density at radius 3 is 2.30 bits per heavy atom. The number of alkyl carbamates (subject to hydrolysis) is 1. The molecule has 0 spiro atoms. The zero-order valence-electron chi connectivity index (χ0n) is 13.0. The fraction of sp³-hybridized carbons (Fsp3) is 0.846. The minimum absolute atomic E-state index is 0.0979. The summed E-state index contributed by atoms with van der Waals surface area (Å²) >= 11 is 0. The molecule has 0 aromatic carbocycles. The second kappa shape index (κ2) is 9.55. The van der Waals surface area contributed by atoms with Crippen LogP contribution in [0.15, 0.2) is 0 Å². The molecule has 0 rings (SSSR count). The fourth-order valence-corrected chi connectivity index (χ4v) is 1.29. The summed E-state index contributed by atoms with van der Waals surface area (Å²) in [6.07, 6.45) is -0.462. The molecule has 118 valence electrons. The van der Waals surface area contributed by atoms with E-state index in [-0.39, 0.29) is 11.9 Å². The highest BCUT2D eigenvalue weighted by molar-refractivity contribution is 5.81. The summed E-state index contributed by atoms with van der Waals surface area (Å²) in [6, 6.07) is -0.327. The average Bonchev–Trinajstić information content (AvgIpc) is 2.32. The van der Waals surface area contributed by atoms with E-state index in [1.165, 1.54) is 0 Å². The van der Waals surface area contributed by atoms with Gasteiger partial charge in [0.05, 0.1) is 12.6 Å². The van der Waals surface area contributed by atoms with Crippen LogP contribution >= 0.6 is 0 Å². The zero-order valence-corrected chi connectivity index (χ0v) is 13.0. The van der Waals surface area contributed by atoms with Gasteiger partial charge in [0.25, 0.3) is 0 Å². The Hall–Kier alpha value is -1.34. The highest BCUT2D eigenvalue weighted by Gasteiger charge is 2.16. The van der Waals surface area contributed by atoms with E-state index in [1.807, 2.05) is 0 Å². The lowest BCUT2D eigenvalue weighted by atomic mass is 10.2. The summed E-state index contributed by atoms with van der Waals surface area (Å²) in [7, 11) is 1.58.